The van der Waals surface area contributed by atoms with Crippen molar-refractivity contribution in [2.45, 2.75) is 92.5 Å². The number of allylic oxidation sites excluding steroid dienone is 7. The van der Waals surface area contributed by atoms with Crippen molar-refractivity contribution in [1.82, 2.24) is 9.80 Å². The molecule has 2 N–H and O–H groups in total. The number of unbranched alkanes of at least 4 members (excludes halogenated alkanes) is 4. The Hall–Kier alpha value is -2.76. The number of ether oxygens (including phenoxy) is 1. The molecule has 0 aromatic carbocycles. The van der Waals surface area contributed by atoms with Crippen LogP contribution in [-0.4, -0.2) is 54.4 Å². The van der Waals surface area contributed by atoms with Crippen LogP contribution >= 0.6 is 0 Å². The van der Waals surface area contributed by atoms with Crippen molar-refractivity contribution in [3.63, 3.8) is 0 Å². The van der Waals surface area contributed by atoms with E-state index in [4.69, 9.17) is 10.5 Å². The van der Waals surface area contributed by atoms with Crippen LogP contribution in [-0.2, 0) is 4.74 Å². The first-order valence-electron chi connectivity index (χ1n) is 13.7. The fourth-order valence-corrected chi connectivity index (χ4v) is 4.20. The number of hydrogen-bond donors (Lipinski definition) is 1. The topological polar surface area (TPSA) is 71.2 Å². The van der Waals surface area contributed by atoms with E-state index in [2.05, 4.69) is 69.3 Å². The predicted octanol–water partition coefficient (Wildman–Crippen LogP) is 7.12. The van der Waals surface area contributed by atoms with Crippen LogP contribution in [0.4, 0.5) is 4.79 Å². The third-order valence-electron chi connectivity index (χ3n) is 6.25. The highest BCUT2D eigenvalue weighted by atomic mass is 16.6. The van der Waals surface area contributed by atoms with Gasteiger partial charge in [0.15, 0.2) is 0 Å². The SMILES string of the molecule is C=C(C=N/C=C\CCC)C(=C/CCCC)/C(=C(/N)N1CCN(C(=O)OCC)CC1C)C(/C)=C/CCC. The molecule has 6 heteroatoms. The molecule has 1 saturated heterocycles. The Labute approximate surface area is 220 Å². The van der Waals surface area contributed by atoms with Crippen LogP contribution in [0.15, 0.2) is 64.1 Å². The minimum absolute atomic E-state index is 0.0629. The number of hydrogen-bond acceptors (Lipinski definition) is 5. The van der Waals surface area contributed by atoms with E-state index in [-0.39, 0.29) is 12.1 Å². The first kappa shape index (κ1) is 31.3. The largest absolute Gasteiger partial charge is 0.450 e. The fraction of sp³-hybridized carbons (Fsp3) is 0.600. The van der Waals surface area contributed by atoms with E-state index in [9.17, 15) is 4.79 Å². The second-order valence-electron chi connectivity index (χ2n) is 9.36. The zero-order valence-electron chi connectivity index (χ0n) is 23.7. The average Bonchev–Trinajstić information content (AvgIpc) is 2.86. The van der Waals surface area contributed by atoms with Gasteiger partial charge in [0.05, 0.1) is 6.61 Å². The summed E-state index contributed by atoms with van der Waals surface area (Å²) >= 11 is 0. The van der Waals surface area contributed by atoms with Crippen molar-refractivity contribution >= 4 is 12.3 Å². The number of amides is 1. The van der Waals surface area contributed by atoms with Crippen molar-refractivity contribution in [3.8, 4) is 0 Å². The Balaban J connectivity index is 3.45. The molecule has 0 aliphatic carbocycles. The number of rotatable bonds is 14. The number of aliphatic imine (C=N–C) groups is 1. The number of piperazine rings is 1. The molecule has 1 aliphatic rings. The second kappa shape index (κ2) is 17.6. The molecule has 202 valence electrons. The molecule has 1 atom stereocenters. The normalized spacial score (nSPS) is 18.2. The summed E-state index contributed by atoms with van der Waals surface area (Å²) < 4.78 is 5.22. The van der Waals surface area contributed by atoms with Crippen LogP contribution in [0.3, 0.4) is 0 Å². The summed E-state index contributed by atoms with van der Waals surface area (Å²) in [6.07, 6.45) is 17.4. The number of nitrogens with two attached hydrogens (primary N) is 1. The molecule has 0 saturated carbocycles. The van der Waals surface area contributed by atoms with Gasteiger partial charge in [-0.1, -0.05) is 71.3 Å². The highest BCUT2D eigenvalue weighted by molar-refractivity contribution is 5.87. The maximum atomic E-state index is 12.3. The van der Waals surface area contributed by atoms with Gasteiger partial charge in [-0.05, 0) is 56.8 Å². The van der Waals surface area contributed by atoms with E-state index in [0.29, 0.717) is 26.2 Å². The molecule has 0 bridgehead atoms. The van der Waals surface area contributed by atoms with E-state index >= 15 is 0 Å². The number of carbonyl (C=O) groups is 1. The van der Waals surface area contributed by atoms with Gasteiger partial charge in [-0.15, -0.1) is 0 Å². The van der Waals surface area contributed by atoms with Crippen LogP contribution in [0, 0.1) is 0 Å². The van der Waals surface area contributed by atoms with Gasteiger partial charge >= 0.3 is 6.09 Å². The second-order valence-corrected chi connectivity index (χ2v) is 9.36. The van der Waals surface area contributed by atoms with Crippen LogP contribution < -0.4 is 5.73 Å². The molecular formula is C30H50N4O2. The van der Waals surface area contributed by atoms with Crippen LogP contribution in [0.2, 0.25) is 0 Å². The minimum Gasteiger partial charge on any atom is -0.450 e. The van der Waals surface area contributed by atoms with Crippen LogP contribution in [0.5, 0.6) is 0 Å². The van der Waals surface area contributed by atoms with Gasteiger partial charge in [0.2, 0.25) is 0 Å². The third-order valence-corrected chi connectivity index (χ3v) is 6.25. The van der Waals surface area contributed by atoms with E-state index in [1.165, 1.54) is 0 Å². The molecule has 6 nitrogen and oxygen atoms in total. The first-order valence-corrected chi connectivity index (χ1v) is 13.7. The van der Waals surface area contributed by atoms with Gasteiger partial charge < -0.3 is 20.3 Å². The van der Waals surface area contributed by atoms with Gasteiger partial charge in [0.25, 0.3) is 0 Å². The lowest BCUT2D eigenvalue weighted by molar-refractivity contribution is 0.0690. The number of nitrogens with zero attached hydrogens (tertiary/aromatic N) is 3. The molecule has 0 aromatic heterocycles. The first-order chi connectivity index (χ1) is 17.3. The van der Waals surface area contributed by atoms with Crippen molar-refractivity contribution in [2.75, 3.05) is 26.2 Å². The quantitative estimate of drug-likeness (QED) is 0.157. The van der Waals surface area contributed by atoms with Crippen molar-refractivity contribution in [2.24, 2.45) is 10.7 Å². The Morgan fingerprint density at radius 2 is 1.81 bits per heavy atom. The average molecular weight is 499 g/mol. The molecule has 0 aromatic rings. The van der Waals surface area contributed by atoms with Crippen LogP contribution in [0.1, 0.15) is 86.5 Å². The maximum Gasteiger partial charge on any atom is 0.409 e. The standard InChI is InChI=1S/C30H50N4O2/c1-8-12-15-18-27(25(6)22-32-19-16-13-9-2)28(24(5)17-14-10-3)29(31)34-21-20-33(23-26(34)7)30(35)36-11-4/h16-19,22,26H,6,8-15,20-21,23,31H2,1-5,7H3/b19-16-,24-17+,27-18-,29-28-,32-22?. The van der Waals surface area contributed by atoms with Gasteiger partial charge in [-0.3, -0.25) is 4.99 Å². The predicted molar refractivity (Wildman–Crippen MR) is 154 cm³/mol. The fourth-order valence-electron chi connectivity index (χ4n) is 4.20. The molecule has 1 heterocycles. The minimum atomic E-state index is -0.258. The molecule has 1 aliphatic heterocycles. The van der Waals surface area contributed by atoms with E-state index < -0.39 is 0 Å². The zero-order valence-corrected chi connectivity index (χ0v) is 23.7. The monoisotopic (exact) mass is 498 g/mol. The summed E-state index contributed by atoms with van der Waals surface area (Å²) in [6, 6.07) is 0.0629. The summed E-state index contributed by atoms with van der Waals surface area (Å²) in [4.78, 5) is 20.8. The lowest BCUT2D eigenvalue weighted by Gasteiger charge is -2.41. The highest BCUT2D eigenvalue weighted by Crippen LogP contribution is 2.30. The lowest BCUT2D eigenvalue weighted by Crippen LogP contribution is -2.54. The molecule has 0 radical (unpaired) electrons. The van der Waals surface area contributed by atoms with Crippen LogP contribution in [0.25, 0.3) is 0 Å². The van der Waals surface area contributed by atoms with E-state index in [1.54, 1.807) is 4.90 Å². The smallest absolute Gasteiger partial charge is 0.409 e. The third kappa shape index (κ3) is 10.1. The zero-order chi connectivity index (χ0) is 26.9. The summed E-state index contributed by atoms with van der Waals surface area (Å²) in [6.45, 7) is 19.2. The van der Waals surface area contributed by atoms with Gasteiger partial charge in [0, 0.05) is 43.7 Å². The Kier molecular flexibility index (Phi) is 15.3. The summed E-state index contributed by atoms with van der Waals surface area (Å²) in [5.74, 6) is 0.731. The molecular weight excluding hydrogens is 448 g/mol. The summed E-state index contributed by atoms with van der Waals surface area (Å²) in [5, 5.41) is 0. The molecule has 1 rings (SSSR count). The molecule has 1 unspecified atom stereocenters. The molecule has 0 spiro atoms. The highest BCUT2D eigenvalue weighted by Gasteiger charge is 2.30. The van der Waals surface area contributed by atoms with E-state index in [1.807, 2.05) is 19.3 Å². The number of carbonyl (C=O) groups excluding carboxylic acids is 1. The Bertz CT molecular complexity index is 851. The van der Waals surface area contributed by atoms with Gasteiger partial charge in [-0.2, -0.15) is 0 Å². The summed E-state index contributed by atoms with van der Waals surface area (Å²) in [5.41, 5.74) is 11.0. The summed E-state index contributed by atoms with van der Waals surface area (Å²) in [7, 11) is 0. The molecule has 36 heavy (non-hydrogen) atoms. The maximum absolute atomic E-state index is 12.3. The van der Waals surface area contributed by atoms with Crippen molar-refractivity contribution in [3.05, 3.63) is 59.1 Å². The Morgan fingerprint density at radius 3 is 2.42 bits per heavy atom. The van der Waals surface area contributed by atoms with Gasteiger partial charge in [0.1, 0.15) is 5.82 Å². The van der Waals surface area contributed by atoms with Crippen molar-refractivity contribution in [1.29, 1.82) is 0 Å². The lowest BCUT2D eigenvalue weighted by atomic mass is 9.91. The van der Waals surface area contributed by atoms with Gasteiger partial charge in [-0.25, -0.2) is 4.79 Å². The van der Waals surface area contributed by atoms with Crippen molar-refractivity contribution < 1.29 is 9.53 Å². The van der Waals surface area contributed by atoms with E-state index in [0.717, 1.165) is 73.1 Å². The molecule has 1 amide bonds. The molecule has 1 fully saturated rings. The Morgan fingerprint density at radius 1 is 1.08 bits per heavy atom.